The van der Waals surface area contributed by atoms with Crippen molar-refractivity contribution in [3.63, 3.8) is 0 Å². The second-order valence-electron chi connectivity index (χ2n) is 5.98. The van der Waals surface area contributed by atoms with Crippen LogP contribution < -0.4 is 5.43 Å². The molecule has 0 bridgehead atoms. The van der Waals surface area contributed by atoms with E-state index in [0.717, 1.165) is 37.5 Å². The predicted octanol–water partition coefficient (Wildman–Crippen LogP) is 4.80. The van der Waals surface area contributed by atoms with E-state index in [2.05, 4.69) is 10.5 Å². The molecule has 0 atom stereocenters. The number of hydrazone groups is 1. The van der Waals surface area contributed by atoms with Gasteiger partial charge < -0.3 is 0 Å². The average molecular weight is 334 g/mol. The van der Waals surface area contributed by atoms with Crippen molar-refractivity contribution < 1.29 is 9.85 Å². The second kappa shape index (κ2) is 8.95. The lowest BCUT2D eigenvalue weighted by atomic mass is 10.00. The van der Waals surface area contributed by atoms with Gasteiger partial charge in [0.25, 0.3) is 5.69 Å². The van der Waals surface area contributed by atoms with Gasteiger partial charge in [0.1, 0.15) is 5.69 Å². The second-order valence-corrected chi connectivity index (χ2v) is 5.98. The Morgan fingerprint density at radius 2 is 1.46 bits per heavy atom. The lowest BCUT2D eigenvalue weighted by Gasteiger charge is -2.10. The first-order valence-corrected chi connectivity index (χ1v) is 8.32. The molecule has 1 aromatic carbocycles. The predicted molar refractivity (Wildman–Crippen MR) is 92.4 cm³/mol. The molecule has 1 aliphatic carbocycles. The monoisotopic (exact) mass is 334 g/mol. The number of nitro benzene ring substituents is 2. The van der Waals surface area contributed by atoms with Gasteiger partial charge in [-0.05, 0) is 31.7 Å². The van der Waals surface area contributed by atoms with Gasteiger partial charge in [0, 0.05) is 11.8 Å². The van der Waals surface area contributed by atoms with E-state index < -0.39 is 9.85 Å². The molecule has 0 saturated heterocycles. The van der Waals surface area contributed by atoms with Crippen molar-refractivity contribution in [2.45, 2.75) is 57.8 Å². The molecule has 0 unspecified atom stereocenters. The highest BCUT2D eigenvalue weighted by Gasteiger charge is 2.19. The molecule has 0 aliphatic heterocycles. The van der Waals surface area contributed by atoms with E-state index >= 15 is 0 Å². The van der Waals surface area contributed by atoms with E-state index in [9.17, 15) is 20.2 Å². The molecule has 0 radical (unpaired) electrons. The first-order chi connectivity index (χ1) is 11.6. The quantitative estimate of drug-likeness (QED) is 0.628. The van der Waals surface area contributed by atoms with E-state index in [0.29, 0.717) is 0 Å². The van der Waals surface area contributed by atoms with E-state index in [1.807, 2.05) is 0 Å². The van der Waals surface area contributed by atoms with Crippen molar-refractivity contribution in [1.82, 2.24) is 0 Å². The Hall–Kier alpha value is -2.51. The van der Waals surface area contributed by atoms with Crippen molar-refractivity contribution in [3.8, 4) is 0 Å². The standard InChI is InChI=1S/C16H22N4O4/c21-19(22)14-10-11-15(16(12-14)20(23)24)18-17-13-8-6-4-2-1-3-5-7-9-13/h10-12,18H,1-9H2. The number of benzene rings is 1. The lowest BCUT2D eigenvalue weighted by Crippen LogP contribution is -2.05. The van der Waals surface area contributed by atoms with Crippen LogP contribution in [0, 0.1) is 20.2 Å². The van der Waals surface area contributed by atoms with E-state index in [1.54, 1.807) is 0 Å². The highest BCUT2D eigenvalue weighted by molar-refractivity contribution is 5.85. The Balaban J connectivity index is 2.12. The molecule has 8 heteroatoms. The minimum absolute atomic E-state index is 0.176. The number of rotatable bonds is 4. The fraction of sp³-hybridized carbons (Fsp3) is 0.562. The normalized spacial score (nSPS) is 16.2. The summed E-state index contributed by atoms with van der Waals surface area (Å²) in [6.07, 6.45) is 10.0. The van der Waals surface area contributed by atoms with Gasteiger partial charge in [-0.3, -0.25) is 25.7 Å². The summed E-state index contributed by atoms with van der Waals surface area (Å²) in [5.74, 6) is 0. The summed E-state index contributed by atoms with van der Waals surface area (Å²) >= 11 is 0. The molecule has 0 spiro atoms. The first-order valence-electron chi connectivity index (χ1n) is 8.32. The zero-order chi connectivity index (χ0) is 17.4. The van der Waals surface area contributed by atoms with Gasteiger partial charge in [-0.1, -0.05) is 32.1 Å². The number of hydrogen-bond acceptors (Lipinski definition) is 6. The zero-order valence-electron chi connectivity index (χ0n) is 13.6. The minimum Gasteiger partial charge on any atom is -0.272 e. The third-order valence-electron chi connectivity index (χ3n) is 4.15. The van der Waals surface area contributed by atoms with Gasteiger partial charge in [-0.25, -0.2) is 0 Å². The molecule has 1 fully saturated rings. The summed E-state index contributed by atoms with van der Waals surface area (Å²) in [6.45, 7) is 0. The van der Waals surface area contributed by atoms with Crippen LogP contribution in [0.15, 0.2) is 23.3 Å². The van der Waals surface area contributed by atoms with Crippen LogP contribution >= 0.6 is 0 Å². The van der Waals surface area contributed by atoms with Gasteiger partial charge in [0.05, 0.1) is 15.9 Å². The summed E-state index contributed by atoms with van der Waals surface area (Å²) < 4.78 is 0. The highest BCUT2D eigenvalue weighted by atomic mass is 16.6. The van der Waals surface area contributed by atoms with Crippen LogP contribution in [0.5, 0.6) is 0 Å². The number of nitro groups is 2. The molecule has 0 amide bonds. The number of hydrogen-bond donors (Lipinski definition) is 1. The van der Waals surface area contributed by atoms with E-state index in [1.165, 1.54) is 44.2 Å². The van der Waals surface area contributed by atoms with Crippen LogP contribution in [0.2, 0.25) is 0 Å². The maximum absolute atomic E-state index is 11.1. The van der Waals surface area contributed by atoms with Crippen molar-refractivity contribution in [2.24, 2.45) is 5.10 Å². The SMILES string of the molecule is O=[N+]([O-])c1ccc(NN=C2CCCCCCCCC2)c([N+](=O)[O-])c1. The molecule has 8 nitrogen and oxygen atoms in total. The van der Waals surface area contributed by atoms with Gasteiger partial charge in [-0.15, -0.1) is 0 Å². The smallest absolute Gasteiger partial charge is 0.272 e. The number of non-ortho nitro benzene ring substituents is 1. The fourth-order valence-electron chi connectivity index (χ4n) is 2.80. The molecular weight excluding hydrogens is 312 g/mol. The Kier molecular flexibility index (Phi) is 6.65. The van der Waals surface area contributed by atoms with E-state index in [4.69, 9.17) is 0 Å². The molecule has 1 aliphatic rings. The lowest BCUT2D eigenvalue weighted by molar-refractivity contribution is -0.393. The van der Waals surface area contributed by atoms with Crippen LogP contribution in [-0.2, 0) is 0 Å². The summed E-state index contributed by atoms with van der Waals surface area (Å²) in [4.78, 5) is 20.6. The fourth-order valence-corrected chi connectivity index (χ4v) is 2.80. The van der Waals surface area contributed by atoms with Crippen LogP contribution in [0.25, 0.3) is 0 Å². The van der Waals surface area contributed by atoms with Crippen molar-refractivity contribution in [3.05, 3.63) is 38.4 Å². The maximum Gasteiger partial charge on any atom is 0.301 e. The van der Waals surface area contributed by atoms with Crippen LogP contribution in [0.1, 0.15) is 57.8 Å². The third-order valence-corrected chi connectivity index (χ3v) is 4.15. The molecule has 130 valence electrons. The van der Waals surface area contributed by atoms with Gasteiger partial charge >= 0.3 is 5.69 Å². The molecule has 1 saturated carbocycles. The van der Waals surface area contributed by atoms with Crippen LogP contribution in [0.4, 0.5) is 17.1 Å². The van der Waals surface area contributed by atoms with Gasteiger partial charge in [-0.2, -0.15) is 5.10 Å². The third kappa shape index (κ3) is 5.29. The summed E-state index contributed by atoms with van der Waals surface area (Å²) in [6, 6.07) is 3.53. The largest absolute Gasteiger partial charge is 0.301 e. The topological polar surface area (TPSA) is 111 Å². The molecule has 0 heterocycles. The molecule has 0 aromatic heterocycles. The Morgan fingerprint density at radius 3 is 2.00 bits per heavy atom. The molecule has 1 N–H and O–H groups in total. The highest BCUT2D eigenvalue weighted by Crippen LogP contribution is 2.29. The Labute approximate surface area is 140 Å². The number of nitrogens with one attached hydrogen (secondary N) is 1. The maximum atomic E-state index is 11.1. The zero-order valence-corrected chi connectivity index (χ0v) is 13.6. The Bertz CT molecular complexity index is 619. The number of nitrogens with zero attached hydrogens (tertiary/aromatic N) is 3. The van der Waals surface area contributed by atoms with Gasteiger partial charge in [0.2, 0.25) is 0 Å². The molecule has 24 heavy (non-hydrogen) atoms. The Morgan fingerprint density at radius 1 is 0.875 bits per heavy atom. The summed E-state index contributed by atoms with van der Waals surface area (Å²) in [5.41, 5.74) is 3.27. The summed E-state index contributed by atoms with van der Waals surface area (Å²) in [5, 5.41) is 26.2. The van der Waals surface area contributed by atoms with Crippen molar-refractivity contribution >= 4 is 22.8 Å². The molecule has 1 aromatic rings. The molecular formula is C16H22N4O4. The van der Waals surface area contributed by atoms with Crippen molar-refractivity contribution in [1.29, 1.82) is 0 Å². The first kappa shape index (κ1) is 17.8. The minimum atomic E-state index is -0.649. The number of anilines is 1. The van der Waals surface area contributed by atoms with Crippen molar-refractivity contribution in [2.75, 3.05) is 5.43 Å². The molecule has 2 rings (SSSR count). The van der Waals surface area contributed by atoms with Gasteiger partial charge in [0.15, 0.2) is 0 Å². The van der Waals surface area contributed by atoms with Crippen LogP contribution in [0.3, 0.4) is 0 Å². The van der Waals surface area contributed by atoms with Crippen LogP contribution in [-0.4, -0.2) is 15.6 Å². The van der Waals surface area contributed by atoms with E-state index in [-0.39, 0.29) is 17.1 Å². The average Bonchev–Trinajstić information content (AvgIpc) is 2.57. The summed E-state index contributed by atoms with van der Waals surface area (Å²) in [7, 11) is 0.